The number of benzene rings is 2. The number of carbonyl (C=O) groups excluding carboxylic acids is 2. The second kappa shape index (κ2) is 11.7. The van der Waals surface area contributed by atoms with Gasteiger partial charge in [-0.15, -0.1) is 10.2 Å². The summed E-state index contributed by atoms with van der Waals surface area (Å²) in [6, 6.07) is 11.9. The third-order valence-electron chi connectivity index (χ3n) is 5.29. The number of anilines is 1. The molecule has 0 spiro atoms. The largest absolute Gasteiger partial charge is 0.342 e. The van der Waals surface area contributed by atoms with Crippen LogP contribution < -0.4 is 10.6 Å². The number of nitrogens with one attached hydrogen (secondary N) is 2. The molecule has 0 bridgehead atoms. The molecule has 0 saturated heterocycles. The molecule has 0 unspecified atom stereocenters. The first-order valence-corrected chi connectivity index (χ1v) is 12.6. The van der Waals surface area contributed by atoms with Crippen LogP contribution in [0.5, 0.6) is 0 Å². The third-order valence-corrected chi connectivity index (χ3v) is 6.99. The molecule has 0 saturated carbocycles. The van der Waals surface area contributed by atoms with Crippen LogP contribution in [0, 0.1) is 12.8 Å². The van der Waals surface area contributed by atoms with Gasteiger partial charge in [0, 0.05) is 17.3 Å². The lowest BCUT2D eigenvalue weighted by Gasteiger charge is -2.22. The van der Waals surface area contributed by atoms with E-state index in [1.807, 2.05) is 38.3 Å². The maximum atomic E-state index is 12.9. The van der Waals surface area contributed by atoms with Crippen LogP contribution in [0.3, 0.4) is 0 Å². The quantitative estimate of drug-likeness (QED) is 0.350. The molecule has 0 aliphatic rings. The molecule has 0 aliphatic heterocycles. The van der Waals surface area contributed by atoms with E-state index in [0.717, 1.165) is 5.56 Å². The first kappa shape index (κ1) is 26.1. The Labute approximate surface area is 213 Å². The summed E-state index contributed by atoms with van der Waals surface area (Å²) in [5.41, 5.74) is 1.90. The van der Waals surface area contributed by atoms with E-state index in [0.29, 0.717) is 38.8 Å². The number of nitrogens with zero attached hydrogens (tertiary/aromatic N) is 3. The third kappa shape index (κ3) is 6.11. The molecule has 1 aromatic heterocycles. The van der Waals surface area contributed by atoms with E-state index in [-0.39, 0.29) is 29.5 Å². The molecule has 10 heteroatoms. The molecule has 34 heavy (non-hydrogen) atoms. The highest BCUT2D eigenvalue weighted by molar-refractivity contribution is 7.99. The standard InChI is InChI=1S/C24H27Cl2N5O2S/c1-5-31-22(21(14(2)3)28-23(33)16-9-6-7-10-18(16)26)29-30-24(31)34-13-20(32)27-19-12-8-11-17(25)15(19)4/h6-12,14,21H,5,13H2,1-4H3,(H,27,32)(H,28,33)/t21-/m1/s1. The lowest BCUT2D eigenvalue weighted by Crippen LogP contribution is -2.34. The monoisotopic (exact) mass is 519 g/mol. The highest BCUT2D eigenvalue weighted by atomic mass is 35.5. The van der Waals surface area contributed by atoms with Crippen molar-refractivity contribution in [1.82, 2.24) is 20.1 Å². The number of hydrogen-bond acceptors (Lipinski definition) is 5. The fourth-order valence-corrected chi connectivity index (χ4v) is 4.59. The van der Waals surface area contributed by atoms with E-state index in [1.165, 1.54) is 11.8 Å². The summed E-state index contributed by atoms with van der Waals surface area (Å²) < 4.78 is 1.92. The Morgan fingerprint density at radius 1 is 1.06 bits per heavy atom. The first-order chi connectivity index (χ1) is 16.2. The minimum atomic E-state index is -0.381. The zero-order valence-corrected chi connectivity index (χ0v) is 21.8. The van der Waals surface area contributed by atoms with Crippen molar-refractivity contribution in [3.63, 3.8) is 0 Å². The number of thioether (sulfide) groups is 1. The van der Waals surface area contributed by atoms with E-state index in [2.05, 4.69) is 20.8 Å². The summed E-state index contributed by atoms with van der Waals surface area (Å²) in [7, 11) is 0. The van der Waals surface area contributed by atoms with Crippen molar-refractivity contribution in [3.05, 3.63) is 69.5 Å². The van der Waals surface area contributed by atoms with Gasteiger partial charge in [-0.3, -0.25) is 9.59 Å². The molecule has 180 valence electrons. The van der Waals surface area contributed by atoms with Gasteiger partial charge in [-0.2, -0.15) is 0 Å². The molecule has 2 amide bonds. The number of amides is 2. The van der Waals surface area contributed by atoms with Crippen molar-refractivity contribution < 1.29 is 9.59 Å². The normalized spacial score (nSPS) is 12.0. The van der Waals surface area contributed by atoms with Crippen molar-refractivity contribution >= 4 is 52.5 Å². The van der Waals surface area contributed by atoms with Crippen LogP contribution in [0.1, 0.15) is 48.6 Å². The van der Waals surface area contributed by atoms with Crippen molar-refractivity contribution in [2.45, 2.75) is 45.4 Å². The highest BCUT2D eigenvalue weighted by Crippen LogP contribution is 2.27. The molecule has 0 aliphatic carbocycles. The van der Waals surface area contributed by atoms with Crippen molar-refractivity contribution in [2.75, 3.05) is 11.1 Å². The molecule has 3 rings (SSSR count). The molecule has 0 radical (unpaired) electrons. The second-order valence-corrected chi connectivity index (χ2v) is 9.77. The molecular formula is C24H27Cl2N5O2S. The molecule has 0 fully saturated rings. The summed E-state index contributed by atoms with van der Waals surface area (Å²) in [6.45, 7) is 8.41. The van der Waals surface area contributed by atoms with Gasteiger partial charge in [0.25, 0.3) is 5.91 Å². The van der Waals surface area contributed by atoms with Crippen LogP contribution in [-0.4, -0.2) is 32.3 Å². The average molecular weight is 520 g/mol. The van der Waals surface area contributed by atoms with Gasteiger partial charge in [0.15, 0.2) is 11.0 Å². The van der Waals surface area contributed by atoms with Gasteiger partial charge in [-0.25, -0.2) is 0 Å². The average Bonchev–Trinajstić information content (AvgIpc) is 3.21. The van der Waals surface area contributed by atoms with Gasteiger partial charge in [-0.1, -0.05) is 67.0 Å². The Morgan fingerprint density at radius 3 is 2.44 bits per heavy atom. The van der Waals surface area contributed by atoms with Gasteiger partial charge in [0.1, 0.15) is 0 Å². The molecule has 1 atom stereocenters. The van der Waals surface area contributed by atoms with Gasteiger partial charge in [-0.05, 0) is 49.6 Å². The van der Waals surface area contributed by atoms with Crippen LogP contribution in [0.2, 0.25) is 10.0 Å². The zero-order chi connectivity index (χ0) is 24.8. The lowest BCUT2D eigenvalue weighted by molar-refractivity contribution is -0.113. The fraction of sp³-hybridized carbons (Fsp3) is 0.333. The Balaban J connectivity index is 1.73. The Kier molecular flexibility index (Phi) is 8.99. The molecule has 1 heterocycles. The number of rotatable bonds is 9. The Hall–Kier alpha value is -2.55. The molecular weight excluding hydrogens is 493 g/mol. The minimum Gasteiger partial charge on any atom is -0.342 e. The second-order valence-electron chi connectivity index (χ2n) is 8.01. The Morgan fingerprint density at radius 2 is 1.76 bits per heavy atom. The van der Waals surface area contributed by atoms with Crippen LogP contribution in [0.4, 0.5) is 5.69 Å². The van der Waals surface area contributed by atoms with Gasteiger partial charge < -0.3 is 15.2 Å². The molecule has 3 aromatic rings. The Bertz CT molecular complexity index is 1180. The van der Waals surface area contributed by atoms with Gasteiger partial charge >= 0.3 is 0 Å². The van der Waals surface area contributed by atoms with Gasteiger partial charge in [0.2, 0.25) is 5.91 Å². The summed E-state index contributed by atoms with van der Waals surface area (Å²) in [4.78, 5) is 25.4. The molecule has 2 N–H and O–H groups in total. The number of aromatic nitrogens is 3. The maximum Gasteiger partial charge on any atom is 0.253 e. The molecule has 7 nitrogen and oxygen atoms in total. The van der Waals surface area contributed by atoms with Crippen molar-refractivity contribution in [3.8, 4) is 0 Å². The predicted molar refractivity (Wildman–Crippen MR) is 138 cm³/mol. The van der Waals surface area contributed by atoms with Gasteiger partial charge in [0.05, 0.1) is 22.4 Å². The van der Waals surface area contributed by atoms with Crippen LogP contribution >= 0.6 is 35.0 Å². The molecule has 2 aromatic carbocycles. The van der Waals surface area contributed by atoms with E-state index in [1.54, 1.807) is 36.4 Å². The van der Waals surface area contributed by atoms with E-state index >= 15 is 0 Å². The lowest BCUT2D eigenvalue weighted by atomic mass is 10.0. The van der Waals surface area contributed by atoms with E-state index in [9.17, 15) is 9.59 Å². The summed E-state index contributed by atoms with van der Waals surface area (Å²) in [6.07, 6.45) is 0. The highest BCUT2D eigenvalue weighted by Gasteiger charge is 2.26. The SMILES string of the molecule is CCn1c(SCC(=O)Nc2cccc(Cl)c2C)nnc1[C@H](NC(=O)c1ccccc1Cl)C(C)C. The minimum absolute atomic E-state index is 0.0490. The zero-order valence-electron chi connectivity index (χ0n) is 19.4. The maximum absolute atomic E-state index is 12.9. The number of halogens is 2. The van der Waals surface area contributed by atoms with Crippen LogP contribution in [0.25, 0.3) is 0 Å². The van der Waals surface area contributed by atoms with Crippen LogP contribution in [0.15, 0.2) is 47.6 Å². The van der Waals surface area contributed by atoms with Crippen LogP contribution in [-0.2, 0) is 11.3 Å². The summed E-state index contributed by atoms with van der Waals surface area (Å²) >= 11 is 13.6. The van der Waals surface area contributed by atoms with E-state index < -0.39 is 0 Å². The summed E-state index contributed by atoms with van der Waals surface area (Å²) in [5.74, 6) is 0.386. The topological polar surface area (TPSA) is 88.9 Å². The fourth-order valence-electron chi connectivity index (χ4n) is 3.39. The first-order valence-electron chi connectivity index (χ1n) is 10.9. The van der Waals surface area contributed by atoms with Crippen molar-refractivity contribution in [2.24, 2.45) is 5.92 Å². The van der Waals surface area contributed by atoms with Crippen molar-refractivity contribution in [1.29, 1.82) is 0 Å². The summed E-state index contributed by atoms with van der Waals surface area (Å²) in [5, 5.41) is 16.2. The number of hydrogen-bond donors (Lipinski definition) is 2. The van der Waals surface area contributed by atoms with E-state index in [4.69, 9.17) is 23.2 Å². The smallest absolute Gasteiger partial charge is 0.253 e. The predicted octanol–water partition coefficient (Wildman–Crippen LogP) is 5.77. The number of carbonyl (C=O) groups is 2.